The molecule has 0 saturated carbocycles. The topological polar surface area (TPSA) is 52.3 Å². The summed E-state index contributed by atoms with van der Waals surface area (Å²) < 4.78 is 4.23. The molecule has 2 N–H and O–H groups in total. The Bertz CT molecular complexity index is 73.3. The summed E-state index contributed by atoms with van der Waals surface area (Å²) in [5.74, 6) is -0.991. The fourth-order valence-corrected chi connectivity index (χ4v) is 0.272. The van der Waals surface area contributed by atoms with Crippen LogP contribution in [-0.2, 0) is 9.53 Å². The molecule has 2 unspecified atom stereocenters. The van der Waals surface area contributed by atoms with Gasteiger partial charge in [0, 0.05) is 0 Å². The molecule has 0 aromatic heterocycles. The van der Waals surface area contributed by atoms with Crippen molar-refractivity contribution in [3.05, 3.63) is 0 Å². The number of ether oxygens (including phenoxy) is 1. The highest BCUT2D eigenvalue weighted by molar-refractivity contribution is 7.19. The molecule has 0 aromatic carbocycles. The van der Waals surface area contributed by atoms with E-state index in [2.05, 4.69) is 14.0 Å². The first-order valence-electron chi connectivity index (χ1n) is 1.77. The monoisotopic (exact) mass is 121 g/mol. The minimum atomic E-state index is -0.579. The summed E-state index contributed by atoms with van der Waals surface area (Å²) in [7, 11) is 3.42. The smallest absolute Gasteiger partial charge is 0.326 e. The number of methoxy groups -OCH3 is 1. The predicted octanol–water partition coefficient (Wildman–Crippen LogP) is -0.681. The highest BCUT2D eigenvalue weighted by Crippen LogP contribution is 1.90. The SMILES string of the molecule is COC(=O)C(N)P. The quantitative estimate of drug-likeness (QED) is 0.369. The lowest BCUT2D eigenvalue weighted by molar-refractivity contribution is -0.139. The maximum Gasteiger partial charge on any atom is 0.326 e. The Morgan fingerprint density at radius 3 is 2.43 bits per heavy atom. The zero-order valence-corrected chi connectivity index (χ0v) is 5.20. The van der Waals surface area contributed by atoms with Crippen LogP contribution in [0.4, 0.5) is 0 Å². The molecular formula is C3H8NO2P. The van der Waals surface area contributed by atoms with E-state index in [9.17, 15) is 4.79 Å². The lowest BCUT2D eigenvalue weighted by Crippen LogP contribution is -2.24. The maximum absolute atomic E-state index is 10.1. The summed E-state index contributed by atoms with van der Waals surface area (Å²) in [5, 5.41) is 0. The summed E-state index contributed by atoms with van der Waals surface area (Å²) in [6, 6.07) is 0. The van der Waals surface area contributed by atoms with Crippen LogP contribution in [0.25, 0.3) is 0 Å². The van der Waals surface area contributed by atoms with Crippen LogP contribution >= 0.6 is 9.24 Å². The van der Waals surface area contributed by atoms with Crippen molar-refractivity contribution in [1.29, 1.82) is 0 Å². The second-order valence-corrected chi connectivity index (χ2v) is 1.77. The molecule has 2 atom stereocenters. The fourth-order valence-electron chi connectivity index (χ4n) is 0.136. The molecule has 0 bridgehead atoms. The predicted molar refractivity (Wildman–Crippen MR) is 29.7 cm³/mol. The molecule has 0 saturated heterocycles. The van der Waals surface area contributed by atoms with Crippen LogP contribution < -0.4 is 5.73 Å². The van der Waals surface area contributed by atoms with Crippen molar-refractivity contribution in [2.45, 2.75) is 5.78 Å². The van der Waals surface area contributed by atoms with Crippen molar-refractivity contribution in [2.24, 2.45) is 5.73 Å². The molecule has 42 valence electrons. The standard InChI is InChI=1S/C3H8NO2P/c1-6-3(5)2(4)7/h2H,4,7H2,1H3. The molecule has 0 radical (unpaired) electrons. The van der Waals surface area contributed by atoms with Crippen molar-refractivity contribution >= 4 is 15.2 Å². The largest absolute Gasteiger partial charge is 0.468 e. The van der Waals surface area contributed by atoms with Gasteiger partial charge in [-0.3, -0.25) is 4.79 Å². The van der Waals surface area contributed by atoms with E-state index in [1.165, 1.54) is 7.11 Å². The Kier molecular flexibility index (Phi) is 2.88. The van der Waals surface area contributed by atoms with Gasteiger partial charge in [0.25, 0.3) is 0 Å². The van der Waals surface area contributed by atoms with Gasteiger partial charge in [0.05, 0.1) is 7.11 Å². The van der Waals surface area contributed by atoms with E-state index in [-0.39, 0.29) is 0 Å². The van der Waals surface area contributed by atoms with Crippen molar-refractivity contribution < 1.29 is 9.53 Å². The van der Waals surface area contributed by atoms with Gasteiger partial charge >= 0.3 is 5.97 Å². The maximum atomic E-state index is 10.1. The third kappa shape index (κ3) is 2.54. The molecule has 4 heteroatoms. The summed E-state index contributed by atoms with van der Waals surface area (Å²) in [6.07, 6.45) is 0. The van der Waals surface area contributed by atoms with Gasteiger partial charge in [-0.05, 0) is 0 Å². The second-order valence-electron chi connectivity index (χ2n) is 1.05. The first-order chi connectivity index (χ1) is 3.18. The van der Waals surface area contributed by atoms with E-state index < -0.39 is 11.8 Å². The summed E-state index contributed by atoms with van der Waals surface area (Å²) in [4.78, 5) is 10.1. The van der Waals surface area contributed by atoms with Crippen molar-refractivity contribution in [2.75, 3.05) is 7.11 Å². The van der Waals surface area contributed by atoms with Gasteiger partial charge in [0.15, 0.2) is 0 Å². The van der Waals surface area contributed by atoms with Gasteiger partial charge in [-0.15, -0.1) is 9.24 Å². The summed E-state index contributed by atoms with van der Waals surface area (Å²) in [6.45, 7) is 0. The molecule has 0 aliphatic heterocycles. The number of carbonyl (C=O) groups excluding carboxylic acids is 1. The molecule has 0 heterocycles. The zero-order valence-electron chi connectivity index (χ0n) is 4.05. The van der Waals surface area contributed by atoms with Crippen LogP contribution in [0.5, 0.6) is 0 Å². The second kappa shape index (κ2) is 2.94. The number of hydrogen-bond donors (Lipinski definition) is 1. The van der Waals surface area contributed by atoms with Crippen LogP contribution in [-0.4, -0.2) is 18.9 Å². The first kappa shape index (κ1) is 6.86. The highest BCUT2D eigenvalue weighted by Gasteiger charge is 2.03. The van der Waals surface area contributed by atoms with Gasteiger partial charge in [0.1, 0.15) is 5.78 Å². The first-order valence-corrected chi connectivity index (χ1v) is 2.44. The van der Waals surface area contributed by atoms with E-state index in [0.717, 1.165) is 0 Å². The minimum Gasteiger partial charge on any atom is -0.468 e. The third-order valence-corrected chi connectivity index (χ3v) is 0.746. The lowest BCUT2D eigenvalue weighted by Gasteiger charge is -1.98. The van der Waals surface area contributed by atoms with Gasteiger partial charge in [-0.2, -0.15) is 0 Å². The molecule has 0 aliphatic rings. The van der Waals surface area contributed by atoms with Crippen molar-refractivity contribution in [3.63, 3.8) is 0 Å². The molecule has 0 aromatic rings. The Hall–Kier alpha value is -0.140. The molecule has 0 fully saturated rings. The number of esters is 1. The van der Waals surface area contributed by atoms with Crippen LogP contribution in [0.1, 0.15) is 0 Å². The van der Waals surface area contributed by atoms with E-state index >= 15 is 0 Å². The van der Waals surface area contributed by atoms with Gasteiger partial charge in [0.2, 0.25) is 0 Å². The Labute approximate surface area is 44.4 Å². The Balaban J connectivity index is 3.35. The van der Waals surface area contributed by atoms with E-state index in [1.807, 2.05) is 0 Å². The van der Waals surface area contributed by atoms with Crippen molar-refractivity contribution in [1.82, 2.24) is 0 Å². The molecule has 0 amide bonds. The van der Waals surface area contributed by atoms with E-state index in [4.69, 9.17) is 5.73 Å². The molecule has 0 spiro atoms. The van der Waals surface area contributed by atoms with Crippen LogP contribution in [0.15, 0.2) is 0 Å². The number of nitrogens with two attached hydrogens (primary N) is 1. The molecule has 7 heavy (non-hydrogen) atoms. The van der Waals surface area contributed by atoms with Gasteiger partial charge in [-0.25, -0.2) is 0 Å². The number of carbonyl (C=O) groups is 1. The molecule has 3 nitrogen and oxygen atoms in total. The average molecular weight is 121 g/mol. The molecule has 0 aliphatic carbocycles. The molecule has 0 rings (SSSR count). The average Bonchev–Trinajstić information content (AvgIpc) is 1.65. The lowest BCUT2D eigenvalue weighted by atomic mass is 10.7. The highest BCUT2D eigenvalue weighted by atomic mass is 31.0. The molecular weight excluding hydrogens is 113 g/mol. The van der Waals surface area contributed by atoms with Crippen LogP contribution in [0, 0.1) is 0 Å². The number of hydrogen-bond acceptors (Lipinski definition) is 3. The van der Waals surface area contributed by atoms with E-state index in [0.29, 0.717) is 0 Å². The van der Waals surface area contributed by atoms with Gasteiger partial charge in [-0.1, -0.05) is 0 Å². The summed E-state index contributed by atoms with van der Waals surface area (Å²) >= 11 is 0. The minimum absolute atomic E-state index is 0.412. The number of rotatable bonds is 1. The van der Waals surface area contributed by atoms with Crippen molar-refractivity contribution in [3.8, 4) is 0 Å². The van der Waals surface area contributed by atoms with Gasteiger partial charge < -0.3 is 10.5 Å². The van der Waals surface area contributed by atoms with E-state index in [1.54, 1.807) is 0 Å². The van der Waals surface area contributed by atoms with Crippen LogP contribution in [0.2, 0.25) is 0 Å². The van der Waals surface area contributed by atoms with Crippen LogP contribution in [0.3, 0.4) is 0 Å². The third-order valence-electron chi connectivity index (χ3n) is 0.473. The fraction of sp³-hybridized carbons (Fsp3) is 0.667. The zero-order chi connectivity index (χ0) is 5.86. The normalized spacial score (nSPS) is 13.0. The Morgan fingerprint density at radius 1 is 2.00 bits per heavy atom. The Morgan fingerprint density at radius 2 is 2.43 bits per heavy atom. The summed E-state index contributed by atoms with van der Waals surface area (Å²) in [5.41, 5.74) is 5.03.